The maximum atomic E-state index is 14.3. The van der Waals surface area contributed by atoms with Crippen LogP contribution in [0.2, 0.25) is 0 Å². The minimum atomic E-state index is -0.972. The van der Waals surface area contributed by atoms with E-state index < -0.39 is 34.6 Å². The summed E-state index contributed by atoms with van der Waals surface area (Å²) in [5.41, 5.74) is 0.953. The van der Waals surface area contributed by atoms with Crippen molar-refractivity contribution < 1.29 is 24.6 Å². The molecule has 3 aliphatic rings. The molecule has 190 valence electrons. The van der Waals surface area contributed by atoms with Gasteiger partial charge in [-0.3, -0.25) is 14.4 Å². The Hall–Kier alpha value is -2.32. The quantitative estimate of drug-likeness (QED) is 0.454. The zero-order valence-corrected chi connectivity index (χ0v) is 21.3. The van der Waals surface area contributed by atoms with Crippen molar-refractivity contribution in [3.8, 4) is 0 Å². The first-order valence-electron chi connectivity index (χ1n) is 12.6. The molecule has 2 bridgehead atoms. The number of aliphatic hydroxyl groups is 1. The van der Waals surface area contributed by atoms with Crippen LogP contribution in [0.15, 0.2) is 43.0 Å². The topological polar surface area (TPSA) is 98.2 Å². The number of amides is 2. The molecule has 3 fully saturated rings. The Kier molecular flexibility index (Phi) is 7.62. The molecule has 7 nitrogen and oxygen atoms in total. The standard InChI is InChI=1S/C27H36N2O5S/c1-4-6-13-28(12-5-2)25(32)23-27-17(3)14-20(35-27)21(26(33)34)22(27)24(31)29(23)19(16-30)15-18-10-8-7-9-11-18/h5,7-11,17,19-23,30H,2,4,6,12-16H2,1,3H3,(H,33,34)/t17?,19-,20+,21-,22+,23?,27?/m1/s1. The van der Waals surface area contributed by atoms with E-state index in [4.69, 9.17) is 0 Å². The average Bonchev–Trinajstić information content (AvgIpc) is 3.44. The fourth-order valence-electron chi connectivity index (χ4n) is 6.52. The molecule has 4 rings (SSSR count). The van der Waals surface area contributed by atoms with Gasteiger partial charge in [-0.2, -0.15) is 0 Å². The van der Waals surface area contributed by atoms with Crippen LogP contribution in [-0.4, -0.2) is 79.6 Å². The van der Waals surface area contributed by atoms with E-state index in [-0.39, 0.29) is 29.6 Å². The van der Waals surface area contributed by atoms with Gasteiger partial charge in [0, 0.05) is 18.3 Å². The summed E-state index contributed by atoms with van der Waals surface area (Å²) in [6, 6.07) is 8.16. The van der Waals surface area contributed by atoms with Crippen LogP contribution in [0.5, 0.6) is 0 Å². The molecule has 0 aromatic heterocycles. The number of hydrogen-bond acceptors (Lipinski definition) is 5. The summed E-state index contributed by atoms with van der Waals surface area (Å²) >= 11 is 1.53. The van der Waals surface area contributed by atoms with Crippen LogP contribution >= 0.6 is 11.8 Å². The van der Waals surface area contributed by atoms with Gasteiger partial charge < -0.3 is 20.0 Å². The van der Waals surface area contributed by atoms with E-state index in [2.05, 4.69) is 13.5 Å². The smallest absolute Gasteiger partial charge is 0.308 e. The third kappa shape index (κ3) is 4.18. The first kappa shape index (κ1) is 25.8. The summed E-state index contributed by atoms with van der Waals surface area (Å²) in [6.07, 6.45) is 4.51. The molecule has 7 atom stereocenters. The van der Waals surface area contributed by atoms with Gasteiger partial charge in [0.05, 0.1) is 29.2 Å². The first-order chi connectivity index (χ1) is 16.8. The summed E-state index contributed by atoms with van der Waals surface area (Å²) < 4.78 is -0.808. The van der Waals surface area contributed by atoms with Crippen LogP contribution in [-0.2, 0) is 20.8 Å². The Labute approximate surface area is 211 Å². The summed E-state index contributed by atoms with van der Waals surface area (Å²) in [4.78, 5) is 44.0. The molecule has 0 saturated carbocycles. The Morgan fingerprint density at radius 1 is 1.34 bits per heavy atom. The third-order valence-electron chi connectivity index (χ3n) is 8.06. The molecule has 1 aromatic carbocycles. The van der Waals surface area contributed by atoms with Gasteiger partial charge in [0.15, 0.2) is 0 Å². The number of aliphatic hydroxyl groups excluding tert-OH is 1. The number of carboxylic acids is 1. The maximum Gasteiger partial charge on any atom is 0.308 e. The highest BCUT2D eigenvalue weighted by molar-refractivity contribution is 8.02. The van der Waals surface area contributed by atoms with Crippen molar-refractivity contribution in [2.24, 2.45) is 17.8 Å². The number of hydrogen-bond donors (Lipinski definition) is 2. The molecule has 3 heterocycles. The molecule has 3 aliphatic heterocycles. The summed E-state index contributed by atoms with van der Waals surface area (Å²) in [5.74, 6) is -3.01. The molecular formula is C27H36N2O5S. The van der Waals surface area contributed by atoms with Gasteiger partial charge in [-0.05, 0) is 30.7 Å². The second-order valence-corrected chi connectivity index (χ2v) is 11.6. The van der Waals surface area contributed by atoms with Crippen LogP contribution in [0.25, 0.3) is 0 Å². The largest absolute Gasteiger partial charge is 0.481 e. The van der Waals surface area contributed by atoms with E-state index in [0.717, 1.165) is 18.4 Å². The molecule has 3 unspecified atom stereocenters. The number of aliphatic carboxylic acids is 1. The second-order valence-electron chi connectivity index (χ2n) is 10.1. The number of likely N-dealkylation sites (tertiary alicyclic amines) is 1. The number of nitrogens with zero attached hydrogens (tertiary/aromatic N) is 2. The Bertz CT molecular complexity index is 972. The Morgan fingerprint density at radius 2 is 2.06 bits per heavy atom. The first-order valence-corrected chi connectivity index (χ1v) is 13.5. The van der Waals surface area contributed by atoms with Crippen LogP contribution in [0.1, 0.15) is 38.7 Å². The van der Waals surface area contributed by atoms with Crippen LogP contribution < -0.4 is 0 Å². The van der Waals surface area contributed by atoms with Crippen molar-refractivity contribution in [1.82, 2.24) is 9.80 Å². The number of benzene rings is 1. The summed E-state index contributed by atoms with van der Waals surface area (Å²) in [6.45, 7) is 8.55. The number of carbonyl (C=O) groups excluding carboxylic acids is 2. The highest BCUT2D eigenvalue weighted by Gasteiger charge is 2.76. The van der Waals surface area contributed by atoms with Crippen molar-refractivity contribution in [2.45, 2.75) is 61.6 Å². The molecule has 1 spiro atoms. The molecule has 1 aromatic rings. The highest BCUT2D eigenvalue weighted by Crippen LogP contribution is 2.68. The summed E-state index contributed by atoms with van der Waals surface area (Å²) in [5, 5.41) is 20.4. The Morgan fingerprint density at radius 3 is 2.66 bits per heavy atom. The molecule has 0 aliphatic carbocycles. The molecule has 35 heavy (non-hydrogen) atoms. The lowest BCUT2D eigenvalue weighted by Crippen LogP contribution is -2.59. The van der Waals surface area contributed by atoms with Gasteiger partial charge in [0.25, 0.3) is 0 Å². The summed E-state index contributed by atoms with van der Waals surface area (Å²) in [7, 11) is 0. The van der Waals surface area contributed by atoms with E-state index in [9.17, 15) is 24.6 Å². The van der Waals surface area contributed by atoms with E-state index in [1.807, 2.05) is 37.3 Å². The molecule has 3 saturated heterocycles. The zero-order valence-electron chi connectivity index (χ0n) is 20.5. The SMILES string of the molecule is C=CCN(CCCC)C(=O)C1N([C@@H](CO)Cc2ccccc2)C(=O)[C@@H]2[C@H](C(=O)O)[C@@H]3CC(C)C12S3. The normalized spacial score (nSPS) is 31.9. The number of unbranched alkanes of at least 4 members (excludes halogenated alkanes) is 1. The molecular weight excluding hydrogens is 464 g/mol. The van der Waals surface area contributed by atoms with Crippen molar-refractivity contribution in [1.29, 1.82) is 0 Å². The zero-order chi connectivity index (χ0) is 25.3. The van der Waals surface area contributed by atoms with Gasteiger partial charge >= 0.3 is 5.97 Å². The minimum absolute atomic E-state index is 0.00817. The average molecular weight is 501 g/mol. The van der Waals surface area contributed by atoms with Gasteiger partial charge in [0.1, 0.15) is 6.04 Å². The Balaban J connectivity index is 1.80. The number of thioether (sulfide) groups is 1. The van der Waals surface area contributed by atoms with Crippen molar-refractivity contribution in [2.75, 3.05) is 19.7 Å². The lowest BCUT2D eigenvalue weighted by molar-refractivity contribution is -0.150. The van der Waals surface area contributed by atoms with Crippen LogP contribution in [0.4, 0.5) is 0 Å². The van der Waals surface area contributed by atoms with Gasteiger partial charge in [-0.25, -0.2) is 0 Å². The van der Waals surface area contributed by atoms with Crippen molar-refractivity contribution in [3.05, 3.63) is 48.6 Å². The number of fused-ring (bicyclic) bond motifs is 1. The fraction of sp³-hybridized carbons (Fsp3) is 0.593. The number of rotatable bonds is 11. The van der Waals surface area contributed by atoms with Crippen LogP contribution in [0, 0.1) is 17.8 Å². The van der Waals surface area contributed by atoms with Crippen molar-refractivity contribution >= 4 is 29.5 Å². The van der Waals surface area contributed by atoms with E-state index in [1.165, 1.54) is 11.8 Å². The predicted molar refractivity (Wildman–Crippen MR) is 136 cm³/mol. The van der Waals surface area contributed by atoms with Crippen molar-refractivity contribution in [3.63, 3.8) is 0 Å². The predicted octanol–water partition coefficient (Wildman–Crippen LogP) is 2.83. The molecule has 2 N–H and O–H groups in total. The monoisotopic (exact) mass is 500 g/mol. The van der Waals surface area contributed by atoms with Gasteiger partial charge in [0.2, 0.25) is 11.8 Å². The lowest BCUT2D eigenvalue weighted by atomic mass is 9.66. The molecule has 2 amide bonds. The van der Waals surface area contributed by atoms with Gasteiger partial charge in [-0.1, -0.05) is 56.7 Å². The molecule has 0 radical (unpaired) electrons. The van der Waals surface area contributed by atoms with E-state index >= 15 is 0 Å². The van der Waals surface area contributed by atoms with E-state index in [1.54, 1.807) is 15.9 Å². The maximum absolute atomic E-state index is 14.3. The fourth-order valence-corrected chi connectivity index (χ4v) is 8.92. The van der Waals surface area contributed by atoms with Crippen LogP contribution in [0.3, 0.4) is 0 Å². The number of carbonyl (C=O) groups is 3. The van der Waals surface area contributed by atoms with E-state index in [0.29, 0.717) is 25.9 Å². The molecule has 8 heteroatoms. The third-order valence-corrected chi connectivity index (χ3v) is 10.1. The second kappa shape index (κ2) is 10.3. The lowest BCUT2D eigenvalue weighted by Gasteiger charge is -2.42. The highest BCUT2D eigenvalue weighted by atomic mass is 32.2. The minimum Gasteiger partial charge on any atom is -0.481 e. The number of carboxylic acid groups (broad SMARTS) is 1. The van der Waals surface area contributed by atoms with Gasteiger partial charge in [-0.15, -0.1) is 18.3 Å².